The van der Waals surface area contributed by atoms with Crippen LogP contribution in [0.25, 0.3) is 10.8 Å². The number of benzene rings is 2. The van der Waals surface area contributed by atoms with E-state index in [4.69, 9.17) is 0 Å². The summed E-state index contributed by atoms with van der Waals surface area (Å²) >= 11 is 0. The maximum atomic E-state index is 12.5. The first-order valence-electron chi connectivity index (χ1n) is 7.93. The lowest BCUT2D eigenvalue weighted by molar-refractivity contribution is -0.117. The number of hydrogen-bond donors (Lipinski definition) is 2. The van der Waals surface area contributed by atoms with Gasteiger partial charge in [-0.2, -0.15) is 13.9 Å². The molecule has 10 heteroatoms. The Bertz CT molecular complexity index is 1100. The number of nitrogens with zero attached hydrogens (tertiary/aromatic N) is 2. The van der Waals surface area contributed by atoms with E-state index in [0.717, 1.165) is 4.68 Å². The van der Waals surface area contributed by atoms with E-state index >= 15 is 0 Å². The van der Waals surface area contributed by atoms with Gasteiger partial charge in [-0.25, -0.2) is 9.48 Å². The van der Waals surface area contributed by atoms with Crippen molar-refractivity contribution in [1.82, 2.24) is 9.78 Å². The zero-order valence-corrected chi connectivity index (χ0v) is 14.1. The van der Waals surface area contributed by atoms with Crippen LogP contribution in [0.15, 0.2) is 53.3 Å². The quantitative estimate of drug-likeness (QED) is 0.670. The van der Waals surface area contributed by atoms with Crippen LogP contribution in [0.2, 0.25) is 0 Å². The molecular formula is C18H13F2N3O5. The predicted molar refractivity (Wildman–Crippen MR) is 94.7 cm³/mol. The Kier molecular flexibility index (Phi) is 5.30. The Labute approximate surface area is 156 Å². The summed E-state index contributed by atoms with van der Waals surface area (Å²) < 4.78 is 29.2. The molecule has 0 saturated heterocycles. The highest BCUT2D eigenvalue weighted by molar-refractivity contribution is 6.01. The van der Waals surface area contributed by atoms with Gasteiger partial charge in [0.15, 0.2) is 5.69 Å². The molecule has 0 spiro atoms. The number of rotatable bonds is 6. The number of hydrogen-bond acceptors (Lipinski definition) is 5. The molecule has 8 nitrogen and oxygen atoms in total. The lowest BCUT2D eigenvalue weighted by Gasteiger charge is -2.10. The van der Waals surface area contributed by atoms with E-state index in [2.05, 4.69) is 15.2 Å². The van der Waals surface area contributed by atoms with Crippen molar-refractivity contribution in [2.75, 3.05) is 5.32 Å². The number of alkyl halides is 2. The number of aromatic carboxylic acids is 1. The molecule has 0 aliphatic rings. The first kappa shape index (κ1) is 19.0. The number of anilines is 1. The number of aromatic nitrogens is 2. The normalized spacial score (nSPS) is 10.8. The summed E-state index contributed by atoms with van der Waals surface area (Å²) in [7, 11) is 0. The average Bonchev–Trinajstić information content (AvgIpc) is 2.65. The minimum atomic E-state index is -2.96. The first-order valence-corrected chi connectivity index (χ1v) is 7.93. The molecule has 0 aliphatic carbocycles. The number of halogens is 2. The molecule has 2 aromatic carbocycles. The number of carbonyl (C=O) groups is 2. The third kappa shape index (κ3) is 4.11. The van der Waals surface area contributed by atoms with Crippen LogP contribution in [0.1, 0.15) is 10.5 Å². The predicted octanol–water partition coefficient (Wildman–Crippen LogP) is 2.33. The van der Waals surface area contributed by atoms with Gasteiger partial charge in [0, 0.05) is 11.1 Å². The molecule has 1 aromatic heterocycles. The van der Waals surface area contributed by atoms with Crippen molar-refractivity contribution >= 4 is 28.3 Å². The van der Waals surface area contributed by atoms with Gasteiger partial charge in [-0.3, -0.25) is 9.59 Å². The zero-order chi connectivity index (χ0) is 20.3. The highest BCUT2D eigenvalue weighted by Gasteiger charge is 2.17. The van der Waals surface area contributed by atoms with Crippen molar-refractivity contribution in [3.63, 3.8) is 0 Å². The highest BCUT2D eigenvalue weighted by Crippen LogP contribution is 2.18. The largest absolute Gasteiger partial charge is 0.476 e. The van der Waals surface area contributed by atoms with Gasteiger partial charge >= 0.3 is 12.6 Å². The smallest absolute Gasteiger partial charge is 0.387 e. The van der Waals surface area contributed by atoms with E-state index in [-0.39, 0.29) is 27.9 Å². The summed E-state index contributed by atoms with van der Waals surface area (Å²) in [4.78, 5) is 36.1. The molecule has 3 aromatic rings. The monoisotopic (exact) mass is 389 g/mol. The number of nitrogens with one attached hydrogen (secondary N) is 1. The summed E-state index contributed by atoms with van der Waals surface area (Å²) in [5.41, 5.74) is -0.688. The number of carboxylic acids is 1. The summed E-state index contributed by atoms with van der Waals surface area (Å²) in [6.45, 7) is -3.49. The molecule has 0 radical (unpaired) electrons. The van der Waals surface area contributed by atoms with Crippen LogP contribution in [-0.4, -0.2) is 33.4 Å². The van der Waals surface area contributed by atoms with Crippen LogP contribution in [-0.2, 0) is 11.3 Å². The van der Waals surface area contributed by atoms with Gasteiger partial charge in [0.25, 0.3) is 5.56 Å². The summed E-state index contributed by atoms with van der Waals surface area (Å²) in [6.07, 6.45) is 0. The molecule has 2 N–H and O–H groups in total. The van der Waals surface area contributed by atoms with Gasteiger partial charge in [-0.1, -0.05) is 18.2 Å². The number of carboxylic acid groups (broad SMARTS) is 1. The fourth-order valence-corrected chi connectivity index (χ4v) is 2.56. The molecule has 3 rings (SSSR count). The Hall–Kier alpha value is -3.82. The molecule has 0 fully saturated rings. The molecule has 1 amide bonds. The third-order valence-corrected chi connectivity index (χ3v) is 3.73. The average molecular weight is 389 g/mol. The van der Waals surface area contributed by atoms with Crippen LogP contribution in [0.5, 0.6) is 5.75 Å². The van der Waals surface area contributed by atoms with Gasteiger partial charge in [0.05, 0.1) is 5.39 Å². The van der Waals surface area contributed by atoms with Crippen molar-refractivity contribution in [1.29, 1.82) is 0 Å². The van der Waals surface area contributed by atoms with Crippen molar-refractivity contribution in [2.24, 2.45) is 0 Å². The molecule has 0 bridgehead atoms. The Morgan fingerprint density at radius 2 is 1.75 bits per heavy atom. The molecule has 28 heavy (non-hydrogen) atoms. The van der Waals surface area contributed by atoms with Crippen LogP contribution in [0, 0.1) is 0 Å². The minimum absolute atomic E-state index is 0.0773. The standard InChI is InChI=1S/C18H13F2N3O5/c19-18(20)28-11-7-5-10(6-8-11)21-14(24)9-23-16(25)13-4-2-1-3-12(13)15(22-23)17(26)27/h1-8,18H,9H2,(H,21,24)(H,26,27). The Morgan fingerprint density at radius 1 is 1.11 bits per heavy atom. The van der Waals surface area contributed by atoms with E-state index in [1.54, 1.807) is 12.1 Å². The number of amides is 1. The van der Waals surface area contributed by atoms with Crippen LogP contribution in [0.4, 0.5) is 14.5 Å². The second-order valence-electron chi connectivity index (χ2n) is 5.61. The third-order valence-electron chi connectivity index (χ3n) is 3.73. The lowest BCUT2D eigenvalue weighted by Crippen LogP contribution is -2.31. The van der Waals surface area contributed by atoms with Crippen LogP contribution in [0.3, 0.4) is 0 Å². The Balaban J connectivity index is 1.82. The molecule has 0 saturated carbocycles. The highest BCUT2D eigenvalue weighted by atomic mass is 19.3. The van der Waals surface area contributed by atoms with Crippen molar-refractivity contribution in [3.05, 3.63) is 64.6 Å². The van der Waals surface area contributed by atoms with Crippen molar-refractivity contribution < 1.29 is 28.2 Å². The van der Waals surface area contributed by atoms with E-state index in [1.807, 2.05) is 0 Å². The number of ether oxygens (including phenoxy) is 1. The van der Waals surface area contributed by atoms with Crippen LogP contribution < -0.4 is 15.6 Å². The maximum Gasteiger partial charge on any atom is 0.387 e. The van der Waals surface area contributed by atoms with E-state index in [0.29, 0.717) is 0 Å². The fourth-order valence-electron chi connectivity index (χ4n) is 2.56. The summed E-state index contributed by atoms with van der Waals surface area (Å²) in [5.74, 6) is -2.06. The first-order chi connectivity index (χ1) is 13.3. The molecule has 1 heterocycles. The molecule has 0 atom stereocenters. The molecular weight excluding hydrogens is 376 g/mol. The minimum Gasteiger partial charge on any atom is -0.476 e. The van der Waals surface area contributed by atoms with E-state index in [9.17, 15) is 28.3 Å². The number of fused-ring (bicyclic) bond motifs is 1. The van der Waals surface area contributed by atoms with Gasteiger partial charge < -0.3 is 15.2 Å². The second-order valence-corrected chi connectivity index (χ2v) is 5.61. The molecule has 0 aliphatic heterocycles. The topological polar surface area (TPSA) is 111 Å². The van der Waals surface area contributed by atoms with Gasteiger partial charge in [0.2, 0.25) is 5.91 Å². The molecule has 0 unspecified atom stereocenters. The van der Waals surface area contributed by atoms with E-state index < -0.39 is 30.6 Å². The van der Waals surface area contributed by atoms with Gasteiger partial charge in [0.1, 0.15) is 12.3 Å². The lowest BCUT2D eigenvalue weighted by atomic mass is 10.1. The van der Waals surface area contributed by atoms with Gasteiger partial charge in [-0.05, 0) is 30.3 Å². The maximum absolute atomic E-state index is 12.5. The van der Waals surface area contributed by atoms with Crippen molar-refractivity contribution in [3.8, 4) is 5.75 Å². The summed E-state index contributed by atoms with van der Waals surface area (Å²) in [6, 6.07) is 11.2. The fraction of sp³-hybridized carbons (Fsp3) is 0.111. The van der Waals surface area contributed by atoms with Crippen LogP contribution >= 0.6 is 0 Å². The zero-order valence-electron chi connectivity index (χ0n) is 14.1. The van der Waals surface area contributed by atoms with E-state index in [1.165, 1.54) is 36.4 Å². The van der Waals surface area contributed by atoms with Crippen molar-refractivity contribution in [2.45, 2.75) is 13.2 Å². The Morgan fingerprint density at radius 3 is 2.36 bits per heavy atom. The van der Waals surface area contributed by atoms with Gasteiger partial charge in [-0.15, -0.1) is 0 Å². The number of carbonyl (C=O) groups excluding carboxylic acids is 1. The SMILES string of the molecule is O=C(Cn1nc(C(=O)O)c2ccccc2c1=O)Nc1ccc(OC(F)F)cc1. The second kappa shape index (κ2) is 7.82. The summed E-state index contributed by atoms with van der Waals surface area (Å²) in [5, 5.41) is 15.8. The molecule has 144 valence electrons.